The molecule has 1 aromatic heterocycles. The minimum atomic E-state index is 0.285. The zero-order valence-electron chi connectivity index (χ0n) is 9.48. The molecule has 1 heterocycles. The first kappa shape index (κ1) is 11.1. The second-order valence-electron chi connectivity index (χ2n) is 4.28. The van der Waals surface area contributed by atoms with Gasteiger partial charge in [0.1, 0.15) is 0 Å². The molecular formula is C14H17NO. The molecule has 0 saturated heterocycles. The summed E-state index contributed by atoms with van der Waals surface area (Å²) < 4.78 is 0. The van der Waals surface area contributed by atoms with Crippen molar-refractivity contribution in [3.8, 4) is 0 Å². The summed E-state index contributed by atoms with van der Waals surface area (Å²) in [4.78, 5) is 16.0. The van der Waals surface area contributed by atoms with Crippen LogP contribution in [0, 0.1) is 0 Å². The fourth-order valence-electron chi connectivity index (χ4n) is 2.07. The number of Topliss-reactive ketones (excluding diaryl/α,β-unsaturated/α-hetero) is 1. The van der Waals surface area contributed by atoms with Crippen molar-refractivity contribution in [2.24, 2.45) is 0 Å². The summed E-state index contributed by atoms with van der Waals surface area (Å²) in [5.41, 5.74) is 2.10. The highest BCUT2D eigenvalue weighted by atomic mass is 16.1. The first-order chi connectivity index (χ1) is 7.86. The summed E-state index contributed by atoms with van der Waals surface area (Å²) in [7, 11) is 0. The second kappa shape index (κ2) is 5.59. The molecular weight excluding hydrogens is 198 g/mol. The number of ketones is 1. The van der Waals surface area contributed by atoms with Gasteiger partial charge in [-0.2, -0.15) is 0 Å². The van der Waals surface area contributed by atoms with Gasteiger partial charge in [0, 0.05) is 18.8 Å². The van der Waals surface area contributed by atoms with Crippen LogP contribution in [0.4, 0.5) is 0 Å². The molecule has 0 saturated carbocycles. The average molecular weight is 215 g/mol. The number of carbonyl (C=O) groups is 1. The Labute approximate surface area is 96.4 Å². The van der Waals surface area contributed by atoms with Crippen molar-refractivity contribution >= 4 is 5.78 Å². The van der Waals surface area contributed by atoms with Crippen LogP contribution < -0.4 is 0 Å². The number of rotatable bonds is 3. The third-order valence-corrected chi connectivity index (χ3v) is 3.01. The average Bonchev–Trinajstić information content (AvgIpc) is 2.59. The van der Waals surface area contributed by atoms with Crippen molar-refractivity contribution in [2.75, 3.05) is 0 Å². The Bertz CT molecular complexity index is 381. The van der Waals surface area contributed by atoms with Gasteiger partial charge >= 0.3 is 0 Å². The predicted molar refractivity (Wildman–Crippen MR) is 64.1 cm³/mol. The SMILES string of the molecule is O=C(Cc1ccncc1)C1=CCCCCC1. The topological polar surface area (TPSA) is 30.0 Å². The van der Waals surface area contributed by atoms with Crippen LogP contribution in [0.1, 0.15) is 37.7 Å². The standard InChI is InChI=1S/C14H17NO/c16-14(11-12-7-9-15-10-8-12)13-5-3-1-2-4-6-13/h5,7-10H,1-4,6,11H2. The van der Waals surface area contributed by atoms with E-state index in [0.717, 1.165) is 30.4 Å². The number of carbonyl (C=O) groups excluding carboxylic acids is 1. The molecule has 2 rings (SSSR count). The molecule has 0 radical (unpaired) electrons. The van der Waals surface area contributed by atoms with E-state index in [4.69, 9.17) is 0 Å². The molecule has 0 aromatic carbocycles. The zero-order valence-corrected chi connectivity index (χ0v) is 9.48. The van der Waals surface area contributed by atoms with Crippen LogP contribution in [0.3, 0.4) is 0 Å². The molecule has 0 amide bonds. The van der Waals surface area contributed by atoms with Gasteiger partial charge in [0.2, 0.25) is 0 Å². The summed E-state index contributed by atoms with van der Waals surface area (Å²) in [6.07, 6.45) is 11.8. The molecule has 2 nitrogen and oxygen atoms in total. The van der Waals surface area contributed by atoms with Crippen LogP contribution in [-0.4, -0.2) is 10.8 Å². The highest BCUT2D eigenvalue weighted by Gasteiger charge is 2.11. The van der Waals surface area contributed by atoms with E-state index in [-0.39, 0.29) is 5.78 Å². The molecule has 0 aliphatic heterocycles. The molecule has 0 bridgehead atoms. The Morgan fingerprint density at radius 3 is 2.81 bits per heavy atom. The van der Waals surface area contributed by atoms with Crippen LogP contribution >= 0.6 is 0 Å². The zero-order chi connectivity index (χ0) is 11.2. The highest BCUT2D eigenvalue weighted by Crippen LogP contribution is 2.19. The van der Waals surface area contributed by atoms with Crippen molar-refractivity contribution in [3.05, 3.63) is 41.7 Å². The normalized spacial score (nSPS) is 16.4. The van der Waals surface area contributed by atoms with Crippen LogP contribution in [0.15, 0.2) is 36.2 Å². The van der Waals surface area contributed by atoms with Gasteiger partial charge in [-0.1, -0.05) is 12.5 Å². The number of hydrogen-bond donors (Lipinski definition) is 0. The molecule has 84 valence electrons. The van der Waals surface area contributed by atoms with Crippen molar-refractivity contribution in [1.29, 1.82) is 0 Å². The number of aromatic nitrogens is 1. The van der Waals surface area contributed by atoms with E-state index in [2.05, 4.69) is 11.1 Å². The fourth-order valence-corrected chi connectivity index (χ4v) is 2.07. The maximum Gasteiger partial charge on any atom is 0.162 e. The maximum atomic E-state index is 12.0. The van der Waals surface area contributed by atoms with E-state index >= 15 is 0 Å². The van der Waals surface area contributed by atoms with E-state index in [0.29, 0.717) is 6.42 Å². The lowest BCUT2D eigenvalue weighted by Crippen LogP contribution is -2.06. The summed E-state index contributed by atoms with van der Waals surface area (Å²) in [5, 5.41) is 0. The van der Waals surface area contributed by atoms with Crippen molar-refractivity contribution in [2.45, 2.75) is 38.5 Å². The van der Waals surface area contributed by atoms with E-state index in [1.54, 1.807) is 12.4 Å². The van der Waals surface area contributed by atoms with E-state index in [1.165, 1.54) is 12.8 Å². The molecule has 16 heavy (non-hydrogen) atoms. The van der Waals surface area contributed by atoms with Gasteiger partial charge in [-0.15, -0.1) is 0 Å². The molecule has 0 unspecified atom stereocenters. The monoisotopic (exact) mass is 215 g/mol. The summed E-state index contributed by atoms with van der Waals surface area (Å²) in [6, 6.07) is 3.82. The van der Waals surface area contributed by atoms with E-state index in [9.17, 15) is 4.79 Å². The van der Waals surface area contributed by atoms with Crippen molar-refractivity contribution in [3.63, 3.8) is 0 Å². The van der Waals surface area contributed by atoms with Crippen LogP contribution in [0.25, 0.3) is 0 Å². The van der Waals surface area contributed by atoms with E-state index < -0.39 is 0 Å². The van der Waals surface area contributed by atoms with Crippen molar-refractivity contribution < 1.29 is 4.79 Å². The second-order valence-corrected chi connectivity index (χ2v) is 4.28. The van der Waals surface area contributed by atoms with Gasteiger partial charge in [0.15, 0.2) is 5.78 Å². The van der Waals surface area contributed by atoms with Crippen LogP contribution in [-0.2, 0) is 11.2 Å². The molecule has 0 fully saturated rings. The molecule has 1 aliphatic rings. The molecule has 2 heteroatoms. The Morgan fingerprint density at radius 2 is 2.00 bits per heavy atom. The Balaban J connectivity index is 2.00. The number of allylic oxidation sites excluding steroid dienone is 2. The molecule has 0 spiro atoms. The largest absolute Gasteiger partial charge is 0.294 e. The van der Waals surface area contributed by atoms with Crippen LogP contribution in [0.2, 0.25) is 0 Å². The van der Waals surface area contributed by atoms with Gasteiger partial charge in [-0.05, 0) is 49.0 Å². The molecule has 1 aliphatic carbocycles. The predicted octanol–water partition coefficient (Wildman–Crippen LogP) is 3.08. The minimum Gasteiger partial charge on any atom is -0.294 e. The fraction of sp³-hybridized carbons (Fsp3) is 0.429. The summed E-state index contributed by atoms with van der Waals surface area (Å²) in [5.74, 6) is 0.285. The van der Waals surface area contributed by atoms with Crippen molar-refractivity contribution in [1.82, 2.24) is 4.98 Å². The summed E-state index contributed by atoms with van der Waals surface area (Å²) >= 11 is 0. The minimum absolute atomic E-state index is 0.285. The van der Waals surface area contributed by atoms with Crippen LogP contribution in [0.5, 0.6) is 0 Å². The highest BCUT2D eigenvalue weighted by molar-refractivity contribution is 5.96. The Kier molecular flexibility index (Phi) is 3.86. The lowest BCUT2D eigenvalue weighted by Gasteiger charge is -2.04. The maximum absolute atomic E-state index is 12.0. The van der Waals surface area contributed by atoms with Gasteiger partial charge in [-0.3, -0.25) is 9.78 Å². The number of hydrogen-bond acceptors (Lipinski definition) is 2. The molecule has 0 atom stereocenters. The third-order valence-electron chi connectivity index (χ3n) is 3.01. The summed E-state index contributed by atoms with van der Waals surface area (Å²) in [6.45, 7) is 0. The third kappa shape index (κ3) is 3.02. The lowest BCUT2D eigenvalue weighted by molar-refractivity contribution is -0.115. The van der Waals surface area contributed by atoms with E-state index in [1.807, 2.05) is 12.1 Å². The van der Waals surface area contributed by atoms with Gasteiger partial charge in [0.05, 0.1) is 0 Å². The quantitative estimate of drug-likeness (QED) is 0.775. The number of pyridine rings is 1. The molecule has 1 aromatic rings. The van der Waals surface area contributed by atoms with Gasteiger partial charge < -0.3 is 0 Å². The lowest BCUT2D eigenvalue weighted by atomic mass is 10.0. The van der Waals surface area contributed by atoms with Gasteiger partial charge in [-0.25, -0.2) is 0 Å². The first-order valence-corrected chi connectivity index (χ1v) is 5.97. The smallest absolute Gasteiger partial charge is 0.162 e. The number of nitrogens with zero attached hydrogens (tertiary/aromatic N) is 1. The Hall–Kier alpha value is -1.44. The Morgan fingerprint density at radius 1 is 1.19 bits per heavy atom. The van der Waals surface area contributed by atoms with Gasteiger partial charge in [0.25, 0.3) is 0 Å². The molecule has 0 N–H and O–H groups in total. The first-order valence-electron chi connectivity index (χ1n) is 5.97.